The molecule has 19 heavy (non-hydrogen) atoms. The number of carbonyl (C=O) groups is 1. The van der Waals surface area contributed by atoms with Crippen molar-refractivity contribution in [3.63, 3.8) is 0 Å². The minimum atomic E-state index is -0.840. The van der Waals surface area contributed by atoms with Crippen molar-refractivity contribution in [3.05, 3.63) is 20.3 Å². The van der Waals surface area contributed by atoms with Gasteiger partial charge in [0.05, 0.1) is 11.0 Å². The first-order valence-corrected chi connectivity index (χ1v) is 7.20. The fraction of sp³-hybridized carbons (Fsp3) is 0.333. The zero-order valence-electron chi connectivity index (χ0n) is 9.81. The molecule has 0 aromatic heterocycles. The van der Waals surface area contributed by atoms with Crippen LogP contribution in [0.4, 0.5) is 0 Å². The van der Waals surface area contributed by atoms with Crippen LogP contribution >= 0.6 is 34.2 Å². The van der Waals surface area contributed by atoms with Gasteiger partial charge < -0.3 is 5.73 Å². The number of halogens is 2. The van der Waals surface area contributed by atoms with Crippen LogP contribution in [-0.2, 0) is 4.79 Å². The summed E-state index contributed by atoms with van der Waals surface area (Å²) in [5.74, 6) is 0.141. The molecule has 2 N–H and O–H groups in total. The van der Waals surface area contributed by atoms with Crippen molar-refractivity contribution in [2.45, 2.75) is 18.5 Å². The van der Waals surface area contributed by atoms with Crippen LogP contribution in [0, 0.1) is 5.92 Å². The summed E-state index contributed by atoms with van der Waals surface area (Å²) in [5.41, 5.74) is 5.66. The molecular formula is C12H10ClIN4O. The average Bonchev–Trinajstić information content (AvgIpc) is 2.47. The van der Waals surface area contributed by atoms with Gasteiger partial charge in [0.25, 0.3) is 0 Å². The van der Waals surface area contributed by atoms with E-state index < -0.39 is 5.66 Å². The Labute approximate surface area is 128 Å². The average molecular weight is 389 g/mol. The normalized spacial score (nSPS) is 33.4. The molecule has 0 aromatic rings. The van der Waals surface area contributed by atoms with Crippen molar-refractivity contribution in [1.29, 1.82) is 0 Å². The summed E-state index contributed by atoms with van der Waals surface area (Å²) in [6, 6.07) is 0. The van der Waals surface area contributed by atoms with Gasteiger partial charge in [0.15, 0.2) is 5.66 Å². The number of nitrogens with two attached hydrogens (primary N) is 1. The van der Waals surface area contributed by atoms with Crippen molar-refractivity contribution in [1.82, 2.24) is 0 Å². The predicted octanol–water partition coefficient (Wildman–Crippen LogP) is 1.96. The Morgan fingerprint density at radius 3 is 3.11 bits per heavy atom. The first-order chi connectivity index (χ1) is 9.01. The van der Waals surface area contributed by atoms with E-state index in [0.29, 0.717) is 17.9 Å². The summed E-state index contributed by atoms with van der Waals surface area (Å²) in [4.78, 5) is 24.8. The van der Waals surface area contributed by atoms with Gasteiger partial charge in [-0.25, -0.2) is 9.98 Å². The van der Waals surface area contributed by atoms with Gasteiger partial charge in [0, 0.05) is 28.9 Å². The molecule has 1 spiro atoms. The second kappa shape index (κ2) is 4.52. The number of hydrogen-bond donors (Lipinski definition) is 1. The quantitative estimate of drug-likeness (QED) is 0.644. The van der Waals surface area contributed by atoms with Gasteiger partial charge >= 0.3 is 0 Å². The van der Waals surface area contributed by atoms with Crippen molar-refractivity contribution >= 4 is 58.4 Å². The van der Waals surface area contributed by atoms with Crippen molar-refractivity contribution in [2.24, 2.45) is 26.6 Å². The number of guanidine groups is 1. The first-order valence-electron chi connectivity index (χ1n) is 5.74. The number of Topliss-reactive ketones (excluding diaryl/α,β-unsaturated/α-hetero) is 1. The van der Waals surface area contributed by atoms with E-state index in [2.05, 4.69) is 37.6 Å². The van der Waals surface area contributed by atoms with E-state index in [4.69, 9.17) is 17.3 Å². The molecule has 1 saturated carbocycles. The Morgan fingerprint density at radius 2 is 2.32 bits per heavy atom. The summed E-state index contributed by atoms with van der Waals surface area (Å²) in [5, 5.41) is 0.570. The van der Waals surface area contributed by atoms with Gasteiger partial charge in [0.2, 0.25) is 5.96 Å². The van der Waals surface area contributed by atoms with Gasteiger partial charge in [-0.3, -0.25) is 9.79 Å². The van der Waals surface area contributed by atoms with Gasteiger partial charge in [-0.15, -0.1) is 0 Å². The molecule has 98 valence electrons. The number of rotatable bonds is 0. The second-order valence-electron chi connectivity index (χ2n) is 4.62. The van der Waals surface area contributed by atoms with E-state index in [1.54, 1.807) is 18.5 Å². The van der Waals surface area contributed by atoms with E-state index in [0.717, 1.165) is 9.15 Å². The highest BCUT2D eigenvalue weighted by Crippen LogP contribution is 2.44. The molecule has 3 aliphatic rings. The van der Waals surface area contributed by atoms with Crippen LogP contribution < -0.4 is 5.73 Å². The number of carbonyl (C=O) groups excluding carboxylic acids is 1. The minimum Gasteiger partial charge on any atom is -0.368 e. The molecule has 0 saturated heterocycles. The maximum Gasteiger partial charge on any atom is 0.217 e. The van der Waals surface area contributed by atoms with Crippen LogP contribution in [0.25, 0.3) is 0 Å². The third-order valence-corrected chi connectivity index (χ3v) is 4.89. The smallest absolute Gasteiger partial charge is 0.217 e. The number of ketones is 1. The molecule has 5 nitrogen and oxygen atoms in total. The van der Waals surface area contributed by atoms with E-state index in [1.165, 1.54) is 0 Å². The second-order valence-corrected chi connectivity index (χ2v) is 6.19. The molecule has 2 aliphatic heterocycles. The monoisotopic (exact) mass is 388 g/mol. The lowest BCUT2D eigenvalue weighted by Gasteiger charge is -2.38. The molecule has 2 unspecified atom stereocenters. The Hall–Kier alpha value is -1.02. The lowest BCUT2D eigenvalue weighted by atomic mass is 9.75. The summed E-state index contributed by atoms with van der Waals surface area (Å²) < 4.78 is 0.818. The zero-order valence-corrected chi connectivity index (χ0v) is 12.7. The topological polar surface area (TPSA) is 80.2 Å². The third-order valence-electron chi connectivity index (χ3n) is 3.40. The molecule has 2 atom stereocenters. The van der Waals surface area contributed by atoms with E-state index in [1.807, 2.05) is 0 Å². The Morgan fingerprint density at radius 1 is 1.53 bits per heavy atom. The lowest BCUT2D eigenvalue weighted by Crippen LogP contribution is -2.46. The Kier molecular flexibility index (Phi) is 3.09. The number of hydrogen-bond acceptors (Lipinski definition) is 5. The van der Waals surface area contributed by atoms with Crippen molar-refractivity contribution < 1.29 is 4.79 Å². The largest absolute Gasteiger partial charge is 0.368 e. The van der Waals surface area contributed by atoms with Crippen molar-refractivity contribution in [2.75, 3.05) is 0 Å². The molecule has 0 radical (unpaired) electrons. The van der Waals surface area contributed by atoms with E-state index >= 15 is 0 Å². The molecule has 1 fully saturated rings. The highest BCUT2D eigenvalue weighted by molar-refractivity contribution is 14.1. The van der Waals surface area contributed by atoms with Crippen LogP contribution in [0.15, 0.2) is 35.2 Å². The summed E-state index contributed by atoms with van der Waals surface area (Å²) in [6.07, 6.45) is 5.83. The Bertz CT molecular complexity index is 619. The van der Waals surface area contributed by atoms with Crippen LogP contribution in [0.1, 0.15) is 12.8 Å². The van der Waals surface area contributed by atoms with Gasteiger partial charge in [0.1, 0.15) is 5.78 Å². The van der Waals surface area contributed by atoms with Crippen LogP contribution in [0.3, 0.4) is 0 Å². The molecule has 0 amide bonds. The highest BCUT2D eigenvalue weighted by atomic mass is 127. The molecule has 7 heteroatoms. The lowest BCUT2D eigenvalue weighted by molar-refractivity contribution is -0.120. The number of aliphatic imine (C=N–C) groups is 3. The highest BCUT2D eigenvalue weighted by Gasteiger charge is 2.48. The molecule has 2 heterocycles. The molecule has 3 rings (SSSR count). The third kappa shape index (κ3) is 2.06. The van der Waals surface area contributed by atoms with Crippen molar-refractivity contribution in [3.8, 4) is 0 Å². The number of allylic oxidation sites excluding steroid dienone is 3. The predicted molar refractivity (Wildman–Crippen MR) is 84.1 cm³/mol. The van der Waals surface area contributed by atoms with Gasteiger partial charge in [-0.05, 0) is 34.2 Å². The maximum atomic E-state index is 11.9. The molecule has 0 bridgehead atoms. The Balaban J connectivity index is 2.20. The zero-order chi connectivity index (χ0) is 13.6. The SMILES string of the molecule is NC1=NC23N=CC(I)=C(Cl)C=C2CC(=O)CC3C=N1. The van der Waals surface area contributed by atoms with E-state index in [9.17, 15) is 4.79 Å². The van der Waals surface area contributed by atoms with Gasteiger partial charge in [-0.2, -0.15) is 0 Å². The van der Waals surface area contributed by atoms with Crippen LogP contribution in [-0.4, -0.2) is 29.8 Å². The molecular weight excluding hydrogens is 379 g/mol. The fourth-order valence-electron chi connectivity index (χ4n) is 2.53. The minimum absolute atomic E-state index is 0.144. The first kappa shape index (κ1) is 13.0. The standard InChI is InChI=1S/C12H10ClIN4O/c13-9-3-6-1-8(19)2-7-4-16-11(15)18-12(6,7)17-5-10(9)14/h3-5,7H,1-2H2,(H2,15,18). The summed E-state index contributed by atoms with van der Waals surface area (Å²) in [6.45, 7) is 0. The number of nitrogens with zero attached hydrogens (tertiary/aromatic N) is 3. The molecule has 1 aliphatic carbocycles. The summed E-state index contributed by atoms with van der Waals surface area (Å²) in [7, 11) is 0. The maximum absolute atomic E-state index is 11.9. The summed E-state index contributed by atoms with van der Waals surface area (Å²) >= 11 is 8.29. The van der Waals surface area contributed by atoms with Crippen LogP contribution in [0.2, 0.25) is 0 Å². The molecule has 0 aromatic carbocycles. The fourth-order valence-corrected chi connectivity index (χ4v) is 3.00. The van der Waals surface area contributed by atoms with Gasteiger partial charge in [-0.1, -0.05) is 11.6 Å². The van der Waals surface area contributed by atoms with Crippen LogP contribution in [0.5, 0.6) is 0 Å². The van der Waals surface area contributed by atoms with E-state index in [-0.39, 0.29) is 17.7 Å².